The van der Waals surface area contributed by atoms with Gasteiger partial charge in [0.1, 0.15) is 5.82 Å². The molecule has 0 aliphatic rings. The van der Waals surface area contributed by atoms with Crippen molar-refractivity contribution in [1.82, 2.24) is 9.38 Å². The van der Waals surface area contributed by atoms with Gasteiger partial charge in [0.05, 0.1) is 17.5 Å². The lowest BCUT2D eigenvalue weighted by atomic mass is 10.2. The van der Waals surface area contributed by atoms with Gasteiger partial charge in [-0.25, -0.2) is 9.37 Å². The molecular weight excluding hydrogens is 355 g/mol. The van der Waals surface area contributed by atoms with Crippen molar-refractivity contribution in [3.63, 3.8) is 0 Å². The molecular formula is C18H17FN4O2S. The lowest BCUT2D eigenvalue weighted by Gasteiger charge is -2.22. The van der Waals surface area contributed by atoms with Crippen molar-refractivity contribution in [1.29, 1.82) is 0 Å². The van der Waals surface area contributed by atoms with Crippen molar-refractivity contribution >= 4 is 34.8 Å². The number of pyridine rings is 1. The Labute approximate surface area is 153 Å². The summed E-state index contributed by atoms with van der Waals surface area (Å²) in [5, 5.41) is 0.697. The molecule has 0 unspecified atom stereocenters. The lowest BCUT2D eigenvalue weighted by molar-refractivity contribution is -0.118. The standard InChI is InChI=1S/C18H17FN4O2S/c19-13-4-6-14(7-5-13)22(10-8-16(20)24)17(25)12-26-18-21-11-15-3-1-2-9-23(15)18/h1-7,9,11H,8,10,12H2,(H2,20,24). The number of carbonyl (C=O) groups excluding carboxylic acids is 2. The third-order valence-electron chi connectivity index (χ3n) is 3.75. The summed E-state index contributed by atoms with van der Waals surface area (Å²) in [4.78, 5) is 29.6. The van der Waals surface area contributed by atoms with Gasteiger partial charge in [-0.3, -0.25) is 14.0 Å². The first-order valence-electron chi connectivity index (χ1n) is 7.94. The summed E-state index contributed by atoms with van der Waals surface area (Å²) in [6, 6.07) is 11.3. The number of hydrogen-bond donors (Lipinski definition) is 1. The molecule has 3 aromatic rings. The number of rotatable bonds is 7. The van der Waals surface area contributed by atoms with Crippen LogP contribution in [-0.2, 0) is 9.59 Å². The van der Waals surface area contributed by atoms with E-state index in [1.54, 1.807) is 6.20 Å². The van der Waals surface area contributed by atoms with Crippen LogP contribution in [0.2, 0.25) is 0 Å². The second-order valence-corrected chi connectivity index (χ2v) is 6.51. The molecule has 2 heterocycles. The third-order valence-corrected chi connectivity index (χ3v) is 4.70. The number of fused-ring (bicyclic) bond motifs is 1. The van der Waals surface area contributed by atoms with Crippen LogP contribution < -0.4 is 10.6 Å². The Bertz CT molecular complexity index is 926. The Morgan fingerprint density at radius 3 is 2.69 bits per heavy atom. The summed E-state index contributed by atoms with van der Waals surface area (Å²) in [5.74, 6) is -0.980. The van der Waals surface area contributed by atoms with Crippen LogP contribution in [0.4, 0.5) is 10.1 Å². The number of nitrogens with two attached hydrogens (primary N) is 1. The summed E-state index contributed by atoms with van der Waals surface area (Å²) in [7, 11) is 0. The van der Waals surface area contributed by atoms with Crippen molar-refractivity contribution in [2.24, 2.45) is 5.73 Å². The van der Waals surface area contributed by atoms with E-state index in [4.69, 9.17) is 5.73 Å². The molecule has 0 bridgehead atoms. The van der Waals surface area contributed by atoms with Crippen molar-refractivity contribution in [3.05, 3.63) is 60.7 Å². The van der Waals surface area contributed by atoms with Crippen molar-refractivity contribution in [3.8, 4) is 0 Å². The highest BCUT2D eigenvalue weighted by Crippen LogP contribution is 2.21. The molecule has 26 heavy (non-hydrogen) atoms. The molecule has 8 heteroatoms. The number of anilines is 1. The van der Waals surface area contributed by atoms with E-state index in [1.165, 1.54) is 40.9 Å². The predicted octanol–water partition coefficient (Wildman–Crippen LogP) is 2.47. The van der Waals surface area contributed by atoms with Crippen LogP contribution in [0.25, 0.3) is 5.52 Å². The number of aromatic nitrogens is 2. The first-order chi connectivity index (χ1) is 12.5. The molecule has 2 aromatic heterocycles. The number of hydrogen-bond acceptors (Lipinski definition) is 4. The Hall–Kier alpha value is -2.87. The molecule has 2 amide bonds. The second kappa shape index (κ2) is 8.01. The van der Waals surface area contributed by atoms with E-state index >= 15 is 0 Å². The zero-order valence-corrected chi connectivity index (χ0v) is 14.7. The molecule has 1 aromatic carbocycles. The summed E-state index contributed by atoms with van der Waals surface area (Å²) >= 11 is 1.30. The molecule has 0 aliphatic carbocycles. The van der Waals surface area contributed by atoms with E-state index in [2.05, 4.69) is 4.98 Å². The summed E-state index contributed by atoms with van der Waals surface area (Å²) < 4.78 is 15.0. The maximum absolute atomic E-state index is 13.2. The van der Waals surface area contributed by atoms with Crippen molar-refractivity contribution < 1.29 is 14.0 Å². The topological polar surface area (TPSA) is 80.7 Å². The zero-order chi connectivity index (χ0) is 18.5. The maximum Gasteiger partial charge on any atom is 0.237 e. The van der Waals surface area contributed by atoms with Crippen molar-refractivity contribution in [2.75, 3.05) is 17.2 Å². The van der Waals surface area contributed by atoms with E-state index < -0.39 is 11.7 Å². The molecule has 0 saturated carbocycles. The van der Waals surface area contributed by atoms with Gasteiger partial charge in [0, 0.05) is 24.8 Å². The molecule has 134 valence electrons. The fourth-order valence-corrected chi connectivity index (χ4v) is 3.31. The van der Waals surface area contributed by atoms with Gasteiger partial charge in [0.25, 0.3) is 0 Å². The number of amides is 2. The summed E-state index contributed by atoms with van der Waals surface area (Å²) in [6.07, 6.45) is 3.64. The number of benzene rings is 1. The van der Waals surface area contributed by atoms with E-state index in [0.29, 0.717) is 10.8 Å². The normalized spacial score (nSPS) is 10.8. The lowest BCUT2D eigenvalue weighted by Crippen LogP contribution is -2.35. The van der Waals surface area contributed by atoms with Crippen LogP contribution in [-0.4, -0.2) is 33.5 Å². The number of thioether (sulfide) groups is 1. The van der Waals surface area contributed by atoms with E-state index in [1.807, 2.05) is 28.8 Å². The number of nitrogens with zero attached hydrogens (tertiary/aromatic N) is 3. The average Bonchev–Trinajstić information content (AvgIpc) is 3.04. The minimum Gasteiger partial charge on any atom is -0.370 e. The Morgan fingerprint density at radius 2 is 1.96 bits per heavy atom. The predicted molar refractivity (Wildman–Crippen MR) is 98.5 cm³/mol. The molecule has 0 atom stereocenters. The Balaban J connectivity index is 1.74. The molecule has 0 saturated heterocycles. The fraction of sp³-hybridized carbons (Fsp3) is 0.167. The first kappa shape index (κ1) is 17.9. The van der Waals surface area contributed by atoms with Gasteiger partial charge >= 0.3 is 0 Å². The monoisotopic (exact) mass is 372 g/mol. The van der Waals surface area contributed by atoms with Crippen LogP contribution in [0, 0.1) is 5.82 Å². The van der Waals surface area contributed by atoms with Crippen LogP contribution in [0.3, 0.4) is 0 Å². The molecule has 0 spiro atoms. The molecule has 3 rings (SSSR count). The SMILES string of the molecule is NC(=O)CCN(C(=O)CSc1ncc2ccccn12)c1ccc(F)cc1. The fourth-order valence-electron chi connectivity index (χ4n) is 2.47. The molecule has 0 fully saturated rings. The van der Waals surface area contributed by atoms with Crippen molar-refractivity contribution in [2.45, 2.75) is 11.6 Å². The third kappa shape index (κ3) is 4.20. The largest absolute Gasteiger partial charge is 0.370 e. The number of imidazole rings is 1. The van der Waals surface area contributed by atoms with Gasteiger partial charge in [0.15, 0.2) is 5.16 Å². The summed E-state index contributed by atoms with van der Waals surface area (Å²) in [5.41, 5.74) is 6.66. The highest BCUT2D eigenvalue weighted by atomic mass is 32.2. The number of primary amides is 1. The minimum atomic E-state index is -0.503. The second-order valence-electron chi connectivity index (χ2n) is 5.56. The van der Waals surface area contributed by atoms with E-state index in [-0.39, 0.29) is 24.6 Å². The maximum atomic E-state index is 13.2. The van der Waals surface area contributed by atoms with Gasteiger partial charge in [-0.15, -0.1) is 0 Å². The van der Waals surface area contributed by atoms with E-state index in [9.17, 15) is 14.0 Å². The van der Waals surface area contributed by atoms with Crippen LogP contribution in [0.15, 0.2) is 60.0 Å². The smallest absolute Gasteiger partial charge is 0.237 e. The van der Waals surface area contributed by atoms with Gasteiger partial charge < -0.3 is 10.6 Å². The first-order valence-corrected chi connectivity index (χ1v) is 8.92. The van der Waals surface area contributed by atoms with E-state index in [0.717, 1.165) is 5.52 Å². The van der Waals surface area contributed by atoms with Crippen LogP contribution >= 0.6 is 11.8 Å². The quantitative estimate of drug-likeness (QED) is 0.646. The molecule has 0 aliphatic heterocycles. The van der Waals surface area contributed by atoms with Crippen LogP contribution in [0.5, 0.6) is 0 Å². The minimum absolute atomic E-state index is 0.0279. The average molecular weight is 372 g/mol. The van der Waals surface area contributed by atoms with Gasteiger partial charge in [0.2, 0.25) is 11.8 Å². The molecule has 0 radical (unpaired) electrons. The highest BCUT2D eigenvalue weighted by Gasteiger charge is 2.18. The molecule has 6 nitrogen and oxygen atoms in total. The van der Waals surface area contributed by atoms with Gasteiger partial charge in [-0.05, 0) is 36.4 Å². The zero-order valence-electron chi connectivity index (χ0n) is 13.8. The molecule has 2 N–H and O–H groups in total. The number of halogens is 1. The Morgan fingerprint density at radius 1 is 1.19 bits per heavy atom. The summed E-state index contributed by atoms with van der Waals surface area (Å²) in [6.45, 7) is 0.142. The number of carbonyl (C=O) groups is 2. The van der Waals surface area contributed by atoms with Gasteiger partial charge in [-0.2, -0.15) is 0 Å². The van der Waals surface area contributed by atoms with Crippen LogP contribution in [0.1, 0.15) is 6.42 Å². The van der Waals surface area contributed by atoms with Gasteiger partial charge in [-0.1, -0.05) is 17.8 Å². The highest BCUT2D eigenvalue weighted by molar-refractivity contribution is 7.99. The Kier molecular flexibility index (Phi) is 5.52.